The van der Waals surface area contributed by atoms with Crippen molar-refractivity contribution in [3.63, 3.8) is 0 Å². The molecule has 20 heavy (non-hydrogen) atoms. The van der Waals surface area contributed by atoms with Gasteiger partial charge in [0.25, 0.3) is 5.91 Å². The minimum absolute atomic E-state index is 0.0212. The Bertz CT molecular complexity index is 532. The summed E-state index contributed by atoms with van der Waals surface area (Å²) in [5.74, 6) is 0.685. The molecule has 0 unspecified atom stereocenters. The number of carbonyl (C=O) groups excluding carboxylic acids is 1. The van der Waals surface area contributed by atoms with Gasteiger partial charge >= 0.3 is 0 Å². The van der Waals surface area contributed by atoms with E-state index in [-0.39, 0.29) is 11.3 Å². The zero-order valence-electron chi connectivity index (χ0n) is 12.1. The van der Waals surface area contributed by atoms with Gasteiger partial charge in [0.05, 0.1) is 23.6 Å². The number of nitrogens with zero attached hydrogens (tertiary/aromatic N) is 2. The lowest BCUT2D eigenvalue weighted by atomic mass is 9.90. The number of hydrogen-bond acceptors (Lipinski definition) is 3. The van der Waals surface area contributed by atoms with Crippen molar-refractivity contribution >= 4 is 5.91 Å². The van der Waals surface area contributed by atoms with Crippen molar-refractivity contribution in [3.05, 3.63) is 29.8 Å². The molecular weight excluding hydrogens is 252 g/mol. The van der Waals surface area contributed by atoms with Gasteiger partial charge in [0.2, 0.25) is 0 Å². The molecule has 106 valence electrons. The van der Waals surface area contributed by atoms with Crippen LogP contribution >= 0.6 is 0 Å². The second-order valence-electron chi connectivity index (χ2n) is 5.74. The van der Waals surface area contributed by atoms with E-state index in [1.807, 2.05) is 36.9 Å². The van der Waals surface area contributed by atoms with Crippen LogP contribution in [0.4, 0.5) is 0 Å². The number of nitriles is 1. The van der Waals surface area contributed by atoms with Crippen molar-refractivity contribution in [3.8, 4) is 11.8 Å². The molecule has 0 aliphatic carbocycles. The molecule has 0 radical (unpaired) electrons. The minimum Gasteiger partial charge on any atom is -0.491 e. The van der Waals surface area contributed by atoms with Crippen LogP contribution in [0.1, 0.15) is 37.0 Å². The summed E-state index contributed by atoms with van der Waals surface area (Å²) in [6, 6.07) is 9.64. The second-order valence-corrected chi connectivity index (χ2v) is 5.74. The summed E-state index contributed by atoms with van der Waals surface area (Å²) in [5.41, 5.74) is 0.299. The summed E-state index contributed by atoms with van der Waals surface area (Å²) in [4.78, 5) is 14.3. The largest absolute Gasteiger partial charge is 0.491 e. The van der Waals surface area contributed by atoms with E-state index in [4.69, 9.17) is 10.00 Å². The number of carbonyl (C=O) groups is 1. The van der Waals surface area contributed by atoms with Gasteiger partial charge in [-0.3, -0.25) is 4.79 Å². The van der Waals surface area contributed by atoms with Crippen molar-refractivity contribution in [1.29, 1.82) is 5.26 Å². The molecule has 0 saturated carbocycles. The third-order valence-corrected chi connectivity index (χ3v) is 3.56. The van der Waals surface area contributed by atoms with E-state index in [0.29, 0.717) is 31.0 Å². The first-order valence-corrected chi connectivity index (χ1v) is 6.96. The lowest BCUT2D eigenvalue weighted by Gasteiger charge is -2.22. The molecule has 0 N–H and O–H groups in total. The van der Waals surface area contributed by atoms with Crippen molar-refractivity contribution in [2.45, 2.75) is 26.7 Å². The molecule has 4 nitrogen and oxygen atoms in total. The summed E-state index contributed by atoms with van der Waals surface area (Å²) in [5, 5.41) is 9.01. The van der Waals surface area contributed by atoms with Gasteiger partial charge in [-0.25, -0.2) is 0 Å². The summed E-state index contributed by atoms with van der Waals surface area (Å²) in [7, 11) is 0. The van der Waals surface area contributed by atoms with Crippen molar-refractivity contribution in [2.24, 2.45) is 5.41 Å². The molecule has 4 heteroatoms. The number of rotatable bonds is 4. The Labute approximate surface area is 120 Å². The molecule has 0 bridgehead atoms. The lowest BCUT2D eigenvalue weighted by Crippen LogP contribution is -2.33. The molecule has 1 aromatic rings. The summed E-state index contributed by atoms with van der Waals surface area (Å²) >= 11 is 0. The summed E-state index contributed by atoms with van der Waals surface area (Å²) in [6.07, 6.45) is 1.62. The first-order valence-electron chi connectivity index (χ1n) is 6.96. The van der Waals surface area contributed by atoms with Crippen LogP contribution in [0.25, 0.3) is 0 Å². The number of fused-ring (bicyclic) bond motifs is 1. The van der Waals surface area contributed by atoms with E-state index in [1.165, 1.54) is 0 Å². The van der Waals surface area contributed by atoms with E-state index in [0.717, 1.165) is 12.8 Å². The number of amides is 1. The topological polar surface area (TPSA) is 53.3 Å². The zero-order valence-corrected chi connectivity index (χ0v) is 12.1. The van der Waals surface area contributed by atoms with E-state index in [1.54, 1.807) is 6.07 Å². The Morgan fingerprint density at radius 1 is 1.40 bits per heavy atom. The van der Waals surface area contributed by atoms with E-state index >= 15 is 0 Å². The van der Waals surface area contributed by atoms with Crippen LogP contribution in [0.5, 0.6) is 5.75 Å². The van der Waals surface area contributed by atoms with Crippen LogP contribution in [0.15, 0.2) is 24.3 Å². The maximum absolute atomic E-state index is 12.4. The molecule has 1 aliphatic rings. The highest BCUT2D eigenvalue weighted by molar-refractivity contribution is 5.97. The number of benzene rings is 1. The van der Waals surface area contributed by atoms with Gasteiger partial charge in [-0.2, -0.15) is 5.26 Å². The molecule has 0 aromatic heterocycles. The van der Waals surface area contributed by atoms with Gasteiger partial charge in [-0.1, -0.05) is 12.1 Å². The van der Waals surface area contributed by atoms with Crippen LogP contribution in [0.2, 0.25) is 0 Å². The normalized spacial score (nSPS) is 15.1. The Kier molecular flexibility index (Phi) is 4.29. The third kappa shape index (κ3) is 3.30. The number of ether oxygens (including phenoxy) is 1. The molecule has 0 saturated heterocycles. The Hall–Kier alpha value is -2.02. The fourth-order valence-electron chi connectivity index (χ4n) is 2.29. The maximum Gasteiger partial charge on any atom is 0.257 e. The van der Waals surface area contributed by atoms with Crippen LogP contribution in [-0.4, -0.2) is 30.5 Å². The molecule has 0 fully saturated rings. The van der Waals surface area contributed by atoms with E-state index < -0.39 is 0 Å². The molecule has 0 atom stereocenters. The standard InChI is InChI=1S/C16H20N2O2/c1-16(2,12-17)8-5-9-18-10-11-20-14-7-4-3-6-13(14)15(18)19/h3-4,6-7H,5,8-11H2,1-2H3. The highest BCUT2D eigenvalue weighted by atomic mass is 16.5. The molecule has 2 rings (SSSR count). The van der Waals surface area contributed by atoms with Crippen molar-refractivity contribution in [1.82, 2.24) is 4.90 Å². The molecule has 0 spiro atoms. The Balaban J connectivity index is 2.00. The van der Waals surface area contributed by atoms with Gasteiger partial charge < -0.3 is 9.64 Å². The van der Waals surface area contributed by atoms with Gasteiger partial charge in [0, 0.05) is 6.54 Å². The average Bonchev–Trinajstić information content (AvgIpc) is 2.60. The average molecular weight is 272 g/mol. The smallest absolute Gasteiger partial charge is 0.257 e. The summed E-state index contributed by atoms with van der Waals surface area (Å²) in [6.45, 7) is 5.64. The molecule has 1 aliphatic heterocycles. The highest BCUT2D eigenvalue weighted by Crippen LogP contribution is 2.24. The molecule has 1 amide bonds. The fraction of sp³-hybridized carbons (Fsp3) is 0.500. The SMILES string of the molecule is CC(C)(C#N)CCCN1CCOc2ccccc2C1=O. The van der Waals surface area contributed by atoms with Crippen LogP contribution in [0, 0.1) is 16.7 Å². The molecule has 1 aromatic carbocycles. The van der Waals surface area contributed by atoms with Crippen molar-refractivity contribution < 1.29 is 9.53 Å². The van der Waals surface area contributed by atoms with Crippen LogP contribution in [-0.2, 0) is 0 Å². The predicted molar refractivity (Wildman–Crippen MR) is 76.5 cm³/mol. The van der Waals surface area contributed by atoms with Gasteiger partial charge in [-0.05, 0) is 38.8 Å². The Morgan fingerprint density at radius 2 is 2.15 bits per heavy atom. The van der Waals surface area contributed by atoms with Gasteiger partial charge in [0.1, 0.15) is 12.4 Å². The second kappa shape index (κ2) is 5.96. The fourth-order valence-corrected chi connectivity index (χ4v) is 2.29. The third-order valence-electron chi connectivity index (χ3n) is 3.56. The number of para-hydroxylation sites is 1. The lowest BCUT2D eigenvalue weighted by molar-refractivity contribution is 0.0749. The zero-order chi connectivity index (χ0) is 14.6. The quantitative estimate of drug-likeness (QED) is 0.847. The van der Waals surface area contributed by atoms with Crippen molar-refractivity contribution in [2.75, 3.05) is 19.7 Å². The summed E-state index contributed by atoms with van der Waals surface area (Å²) < 4.78 is 5.60. The molecule has 1 heterocycles. The van der Waals surface area contributed by atoms with Gasteiger partial charge in [0.15, 0.2) is 0 Å². The highest BCUT2D eigenvalue weighted by Gasteiger charge is 2.23. The Morgan fingerprint density at radius 3 is 2.90 bits per heavy atom. The molecular formula is C16H20N2O2. The first-order chi connectivity index (χ1) is 9.53. The van der Waals surface area contributed by atoms with E-state index in [9.17, 15) is 4.79 Å². The van der Waals surface area contributed by atoms with Gasteiger partial charge in [-0.15, -0.1) is 0 Å². The van der Waals surface area contributed by atoms with Crippen LogP contribution < -0.4 is 4.74 Å². The monoisotopic (exact) mass is 272 g/mol. The van der Waals surface area contributed by atoms with Crippen LogP contribution in [0.3, 0.4) is 0 Å². The van der Waals surface area contributed by atoms with E-state index in [2.05, 4.69) is 6.07 Å². The predicted octanol–water partition coefficient (Wildman–Crippen LogP) is 2.85. The minimum atomic E-state index is -0.330. The number of hydrogen-bond donors (Lipinski definition) is 0. The maximum atomic E-state index is 12.4. The first kappa shape index (κ1) is 14.4.